The van der Waals surface area contributed by atoms with Crippen LogP contribution in [0.2, 0.25) is 0 Å². The predicted octanol–water partition coefficient (Wildman–Crippen LogP) is 2.88. The molecule has 0 saturated carbocycles. The van der Waals surface area contributed by atoms with E-state index in [1.807, 2.05) is 27.7 Å². The molecular formula is C14H23N3O3. The van der Waals surface area contributed by atoms with E-state index in [-0.39, 0.29) is 18.1 Å². The maximum Gasteiger partial charge on any atom is 0.410 e. The molecular weight excluding hydrogens is 258 g/mol. The fraction of sp³-hybridized carbons (Fsp3) is 0.786. The highest BCUT2D eigenvalue weighted by Gasteiger charge is 2.34. The van der Waals surface area contributed by atoms with Crippen molar-refractivity contribution < 1.29 is 14.1 Å². The molecule has 2 atom stereocenters. The number of rotatable bonds is 1. The number of nitrogens with zero attached hydrogens (tertiary/aromatic N) is 3. The van der Waals surface area contributed by atoms with Crippen molar-refractivity contribution in [3.05, 3.63) is 11.7 Å². The van der Waals surface area contributed by atoms with E-state index in [9.17, 15) is 4.79 Å². The molecule has 0 radical (unpaired) electrons. The Labute approximate surface area is 119 Å². The Morgan fingerprint density at radius 1 is 1.40 bits per heavy atom. The van der Waals surface area contributed by atoms with Crippen molar-refractivity contribution in [1.82, 2.24) is 15.0 Å². The minimum absolute atomic E-state index is 0.0971. The molecule has 2 heterocycles. The summed E-state index contributed by atoms with van der Waals surface area (Å²) in [5.74, 6) is 1.34. The summed E-state index contributed by atoms with van der Waals surface area (Å²) in [7, 11) is 0. The van der Waals surface area contributed by atoms with Gasteiger partial charge in [0.1, 0.15) is 5.60 Å². The van der Waals surface area contributed by atoms with Gasteiger partial charge in [-0.25, -0.2) is 4.79 Å². The zero-order valence-corrected chi connectivity index (χ0v) is 12.8. The van der Waals surface area contributed by atoms with Gasteiger partial charge in [0, 0.05) is 12.6 Å². The van der Waals surface area contributed by atoms with Gasteiger partial charge in [-0.2, -0.15) is 4.98 Å². The van der Waals surface area contributed by atoms with Crippen LogP contribution in [0.3, 0.4) is 0 Å². The van der Waals surface area contributed by atoms with Crippen LogP contribution < -0.4 is 0 Å². The number of amides is 1. The van der Waals surface area contributed by atoms with Gasteiger partial charge in [-0.3, -0.25) is 0 Å². The molecule has 112 valence electrons. The number of piperidine rings is 1. The predicted molar refractivity (Wildman–Crippen MR) is 73.4 cm³/mol. The van der Waals surface area contributed by atoms with E-state index < -0.39 is 5.60 Å². The lowest BCUT2D eigenvalue weighted by Crippen LogP contribution is -2.47. The first-order valence-electron chi connectivity index (χ1n) is 7.06. The molecule has 1 aromatic heterocycles. The topological polar surface area (TPSA) is 68.5 Å². The summed E-state index contributed by atoms with van der Waals surface area (Å²) >= 11 is 0. The Morgan fingerprint density at radius 3 is 2.65 bits per heavy atom. The third kappa shape index (κ3) is 3.49. The molecule has 1 fully saturated rings. The van der Waals surface area contributed by atoms with Crippen LogP contribution in [0, 0.1) is 6.92 Å². The molecule has 1 saturated heterocycles. The van der Waals surface area contributed by atoms with Crippen molar-refractivity contribution in [2.24, 2.45) is 0 Å². The lowest BCUT2D eigenvalue weighted by molar-refractivity contribution is 0.00846. The molecule has 6 nitrogen and oxygen atoms in total. The van der Waals surface area contributed by atoms with E-state index in [4.69, 9.17) is 9.26 Å². The molecule has 0 aromatic carbocycles. The van der Waals surface area contributed by atoms with E-state index in [2.05, 4.69) is 10.1 Å². The molecule has 6 heteroatoms. The van der Waals surface area contributed by atoms with E-state index in [1.165, 1.54) is 0 Å². The van der Waals surface area contributed by atoms with Gasteiger partial charge < -0.3 is 14.2 Å². The Morgan fingerprint density at radius 2 is 2.10 bits per heavy atom. The fourth-order valence-electron chi connectivity index (χ4n) is 2.36. The van der Waals surface area contributed by atoms with Crippen molar-refractivity contribution in [2.45, 2.75) is 65.0 Å². The minimum Gasteiger partial charge on any atom is -0.444 e. The zero-order chi connectivity index (χ0) is 14.9. The highest BCUT2D eigenvalue weighted by molar-refractivity contribution is 5.68. The van der Waals surface area contributed by atoms with Gasteiger partial charge in [0.2, 0.25) is 5.89 Å². The first-order chi connectivity index (χ1) is 9.26. The van der Waals surface area contributed by atoms with Crippen LogP contribution in [0.15, 0.2) is 4.52 Å². The van der Waals surface area contributed by atoms with Gasteiger partial charge >= 0.3 is 6.09 Å². The molecule has 1 amide bonds. The second-order valence-corrected chi connectivity index (χ2v) is 6.44. The lowest BCUT2D eigenvalue weighted by Gasteiger charge is -2.37. The standard InChI is InChI=1S/C14H23N3O3/c1-9-6-7-11(12-15-10(2)16-20-12)8-17(9)13(18)19-14(3,4)5/h9,11H,6-8H2,1-5H3/t9-,11+/m1/s1. The zero-order valence-electron chi connectivity index (χ0n) is 12.8. The van der Waals surface area contributed by atoms with E-state index in [1.54, 1.807) is 11.8 Å². The average molecular weight is 281 g/mol. The number of hydrogen-bond acceptors (Lipinski definition) is 5. The molecule has 1 aromatic rings. The lowest BCUT2D eigenvalue weighted by atomic mass is 9.94. The summed E-state index contributed by atoms with van der Waals surface area (Å²) in [4.78, 5) is 18.3. The van der Waals surface area contributed by atoms with Crippen molar-refractivity contribution >= 4 is 6.09 Å². The fourth-order valence-corrected chi connectivity index (χ4v) is 2.36. The van der Waals surface area contributed by atoms with Gasteiger partial charge in [0.05, 0.1) is 5.92 Å². The van der Waals surface area contributed by atoms with E-state index in [0.29, 0.717) is 18.3 Å². The molecule has 20 heavy (non-hydrogen) atoms. The summed E-state index contributed by atoms with van der Waals surface area (Å²) in [6.45, 7) is 10.0. The quantitative estimate of drug-likeness (QED) is 0.791. The largest absolute Gasteiger partial charge is 0.444 e. The average Bonchev–Trinajstić information content (AvgIpc) is 2.74. The minimum atomic E-state index is -0.481. The summed E-state index contributed by atoms with van der Waals surface area (Å²) in [6.07, 6.45) is 1.58. The molecule has 0 N–H and O–H groups in total. The number of hydrogen-bond donors (Lipinski definition) is 0. The van der Waals surface area contributed by atoms with Gasteiger partial charge in [-0.15, -0.1) is 0 Å². The molecule has 0 unspecified atom stereocenters. The van der Waals surface area contributed by atoms with Crippen molar-refractivity contribution in [1.29, 1.82) is 0 Å². The van der Waals surface area contributed by atoms with Crippen LogP contribution >= 0.6 is 0 Å². The van der Waals surface area contributed by atoms with Gasteiger partial charge in [-0.05, 0) is 47.5 Å². The first kappa shape index (κ1) is 14.8. The Hall–Kier alpha value is -1.59. The maximum absolute atomic E-state index is 12.2. The second-order valence-electron chi connectivity index (χ2n) is 6.44. The van der Waals surface area contributed by atoms with Gasteiger partial charge in [-0.1, -0.05) is 5.16 Å². The highest BCUT2D eigenvalue weighted by Crippen LogP contribution is 2.30. The summed E-state index contributed by atoms with van der Waals surface area (Å²) in [5.41, 5.74) is -0.481. The van der Waals surface area contributed by atoms with Crippen molar-refractivity contribution in [3.63, 3.8) is 0 Å². The third-order valence-electron chi connectivity index (χ3n) is 3.40. The molecule has 1 aliphatic rings. The van der Waals surface area contributed by atoms with Crippen LogP contribution in [0.4, 0.5) is 4.79 Å². The van der Waals surface area contributed by atoms with Crippen LogP contribution in [-0.4, -0.2) is 39.3 Å². The van der Waals surface area contributed by atoms with E-state index in [0.717, 1.165) is 12.8 Å². The SMILES string of the molecule is Cc1noc([C@H]2CC[C@@H](C)N(C(=O)OC(C)(C)C)C2)n1. The molecule has 1 aliphatic heterocycles. The number of carbonyl (C=O) groups is 1. The number of ether oxygens (including phenoxy) is 1. The number of aromatic nitrogens is 2. The number of carbonyl (C=O) groups excluding carboxylic acids is 1. The normalized spacial score (nSPS) is 23.8. The smallest absolute Gasteiger partial charge is 0.410 e. The first-order valence-corrected chi connectivity index (χ1v) is 7.06. The molecule has 0 spiro atoms. The summed E-state index contributed by atoms with van der Waals surface area (Å²) in [6, 6.07) is 0.171. The van der Waals surface area contributed by atoms with Gasteiger partial charge in [0.25, 0.3) is 0 Å². The highest BCUT2D eigenvalue weighted by atomic mass is 16.6. The number of likely N-dealkylation sites (tertiary alicyclic amines) is 1. The van der Waals surface area contributed by atoms with Crippen LogP contribution in [-0.2, 0) is 4.74 Å². The Balaban J connectivity index is 2.06. The van der Waals surface area contributed by atoms with Crippen LogP contribution in [0.1, 0.15) is 58.2 Å². The molecule has 2 rings (SSSR count). The van der Waals surface area contributed by atoms with Crippen LogP contribution in [0.25, 0.3) is 0 Å². The molecule has 0 bridgehead atoms. The monoisotopic (exact) mass is 281 g/mol. The van der Waals surface area contributed by atoms with Crippen molar-refractivity contribution in [3.8, 4) is 0 Å². The Bertz CT molecular complexity index is 478. The third-order valence-corrected chi connectivity index (χ3v) is 3.40. The summed E-state index contributed by atoms with van der Waals surface area (Å²) < 4.78 is 10.7. The van der Waals surface area contributed by atoms with Crippen LogP contribution in [0.5, 0.6) is 0 Å². The van der Waals surface area contributed by atoms with E-state index >= 15 is 0 Å². The molecule has 0 aliphatic carbocycles. The number of aryl methyl sites for hydroxylation is 1. The second kappa shape index (κ2) is 5.42. The Kier molecular flexibility index (Phi) is 4.01. The summed E-state index contributed by atoms with van der Waals surface area (Å²) in [5, 5.41) is 3.82. The van der Waals surface area contributed by atoms with Crippen molar-refractivity contribution in [2.75, 3.05) is 6.54 Å². The maximum atomic E-state index is 12.2. The van der Waals surface area contributed by atoms with Gasteiger partial charge in [0.15, 0.2) is 5.82 Å².